The van der Waals surface area contributed by atoms with Crippen LogP contribution < -0.4 is 5.32 Å². The van der Waals surface area contributed by atoms with E-state index in [4.69, 9.17) is 16.7 Å². The Balaban J connectivity index is 3.31. The van der Waals surface area contributed by atoms with Crippen LogP contribution in [0.5, 0.6) is 0 Å². The van der Waals surface area contributed by atoms with Crippen molar-refractivity contribution in [2.45, 2.75) is 6.92 Å². The molecule has 0 bridgehead atoms. The van der Waals surface area contributed by atoms with E-state index >= 15 is 0 Å². The highest BCUT2D eigenvalue weighted by Gasteiger charge is 2.19. The minimum atomic E-state index is -1.16. The van der Waals surface area contributed by atoms with Crippen molar-refractivity contribution in [2.24, 2.45) is 0 Å². The summed E-state index contributed by atoms with van der Waals surface area (Å²) in [5.74, 6) is -1.56. The predicted octanol–water partition coefficient (Wildman–Crippen LogP) is 2.55. The molecule has 0 atom stereocenters. The van der Waals surface area contributed by atoms with Gasteiger partial charge < -0.3 is 10.4 Å². The van der Waals surface area contributed by atoms with Gasteiger partial charge in [0.2, 0.25) is 0 Å². The van der Waals surface area contributed by atoms with Crippen LogP contribution in [0.1, 0.15) is 27.6 Å². The lowest BCUT2D eigenvalue weighted by Gasteiger charge is -2.09. The molecule has 4 nitrogen and oxygen atoms in total. The van der Waals surface area contributed by atoms with E-state index in [-0.39, 0.29) is 16.1 Å². The van der Waals surface area contributed by atoms with E-state index < -0.39 is 11.9 Å². The molecular weight excluding hydrogens is 297 g/mol. The predicted molar refractivity (Wildman–Crippen MR) is 64.1 cm³/mol. The highest BCUT2D eigenvalue weighted by molar-refractivity contribution is 9.10. The van der Waals surface area contributed by atoms with Crippen molar-refractivity contribution >= 4 is 39.4 Å². The summed E-state index contributed by atoms with van der Waals surface area (Å²) < 4.78 is 0.466. The molecule has 0 saturated heterocycles. The van der Waals surface area contributed by atoms with E-state index in [0.717, 1.165) is 0 Å². The molecule has 6 heteroatoms. The molecular formula is C10H9BrClNO3. The zero-order valence-electron chi connectivity index (χ0n) is 8.38. The van der Waals surface area contributed by atoms with Crippen LogP contribution in [0.15, 0.2) is 16.6 Å². The lowest BCUT2D eigenvalue weighted by molar-refractivity contribution is 0.0697. The van der Waals surface area contributed by atoms with Gasteiger partial charge in [-0.1, -0.05) is 11.6 Å². The number of benzene rings is 1. The fourth-order valence-corrected chi connectivity index (χ4v) is 2.13. The molecule has 2 N–H and O–H groups in total. The van der Waals surface area contributed by atoms with Crippen LogP contribution >= 0.6 is 27.5 Å². The van der Waals surface area contributed by atoms with Gasteiger partial charge in [-0.3, -0.25) is 4.79 Å². The number of carboxylic acid groups (broad SMARTS) is 1. The van der Waals surface area contributed by atoms with Crippen LogP contribution in [0, 0.1) is 0 Å². The van der Waals surface area contributed by atoms with E-state index in [0.29, 0.717) is 11.0 Å². The van der Waals surface area contributed by atoms with Gasteiger partial charge in [0, 0.05) is 11.0 Å². The van der Waals surface area contributed by atoms with E-state index in [1.807, 2.05) is 0 Å². The first-order valence-electron chi connectivity index (χ1n) is 4.48. The maximum atomic E-state index is 11.6. The molecule has 16 heavy (non-hydrogen) atoms. The van der Waals surface area contributed by atoms with Gasteiger partial charge >= 0.3 is 5.97 Å². The number of carbonyl (C=O) groups excluding carboxylic acids is 1. The third kappa shape index (κ3) is 2.54. The molecule has 0 heterocycles. The third-order valence-corrected chi connectivity index (χ3v) is 2.94. The van der Waals surface area contributed by atoms with Crippen molar-refractivity contribution < 1.29 is 14.7 Å². The fourth-order valence-electron chi connectivity index (χ4n) is 1.17. The Labute approximate surface area is 106 Å². The number of carboxylic acids is 1. The molecule has 0 unspecified atom stereocenters. The van der Waals surface area contributed by atoms with Crippen molar-refractivity contribution in [3.8, 4) is 0 Å². The van der Waals surface area contributed by atoms with Crippen molar-refractivity contribution in [1.29, 1.82) is 0 Å². The summed E-state index contributed by atoms with van der Waals surface area (Å²) in [6.07, 6.45) is 0. The van der Waals surface area contributed by atoms with E-state index in [1.54, 1.807) is 6.92 Å². The quantitative estimate of drug-likeness (QED) is 0.902. The smallest absolute Gasteiger partial charge is 0.337 e. The number of hydrogen-bond acceptors (Lipinski definition) is 2. The number of nitrogens with one attached hydrogen (secondary N) is 1. The van der Waals surface area contributed by atoms with Crippen LogP contribution in [0.3, 0.4) is 0 Å². The lowest BCUT2D eigenvalue weighted by Crippen LogP contribution is -2.24. The van der Waals surface area contributed by atoms with E-state index in [9.17, 15) is 9.59 Å². The monoisotopic (exact) mass is 305 g/mol. The summed E-state index contributed by atoms with van der Waals surface area (Å²) >= 11 is 9.03. The Bertz CT molecular complexity index is 448. The van der Waals surface area contributed by atoms with Gasteiger partial charge in [-0.15, -0.1) is 0 Å². The van der Waals surface area contributed by atoms with Gasteiger partial charge in [-0.25, -0.2) is 4.79 Å². The number of hydrogen-bond donors (Lipinski definition) is 2. The fraction of sp³-hybridized carbons (Fsp3) is 0.200. The van der Waals surface area contributed by atoms with Crippen molar-refractivity contribution in [3.63, 3.8) is 0 Å². The molecule has 0 fully saturated rings. The summed E-state index contributed by atoms with van der Waals surface area (Å²) in [6, 6.07) is 2.83. The number of rotatable bonds is 3. The van der Waals surface area contributed by atoms with Crippen LogP contribution in [0.25, 0.3) is 0 Å². The number of aromatic carboxylic acids is 1. The molecule has 1 amide bonds. The average Bonchev–Trinajstić information content (AvgIpc) is 2.17. The van der Waals surface area contributed by atoms with Gasteiger partial charge in [-0.2, -0.15) is 0 Å². The molecule has 0 radical (unpaired) electrons. The second-order valence-electron chi connectivity index (χ2n) is 2.95. The van der Waals surface area contributed by atoms with E-state index in [1.165, 1.54) is 12.1 Å². The molecule has 1 aromatic rings. The van der Waals surface area contributed by atoms with Crippen molar-refractivity contribution in [1.82, 2.24) is 5.32 Å². The Morgan fingerprint density at radius 3 is 2.62 bits per heavy atom. The summed E-state index contributed by atoms with van der Waals surface area (Å²) in [5, 5.41) is 11.4. The van der Waals surface area contributed by atoms with Gasteiger partial charge in [0.25, 0.3) is 5.91 Å². The van der Waals surface area contributed by atoms with Gasteiger partial charge in [-0.05, 0) is 35.0 Å². The SMILES string of the molecule is CCNC(=O)c1c(Br)ccc(C(=O)O)c1Cl. The van der Waals surface area contributed by atoms with Crippen LogP contribution in [-0.4, -0.2) is 23.5 Å². The van der Waals surface area contributed by atoms with E-state index in [2.05, 4.69) is 21.2 Å². The Morgan fingerprint density at radius 2 is 2.12 bits per heavy atom. The average molecular weight is 307 g/mol. The molecule has 1 aromatic carbocycles. The second kappa shape index (κ2) is 5.32. The molecule has 0 aliphatic carbocycles. The highest BCUT2D eigenvalue weighted by atomic mass is 79.9. The normalized spacial score (nSPS) is 9.94. The standard InChI is InChI=1S/C10H9BrClNO3/c1-2-13-9(14)7-6(11)4-3-5(8(7)12)10(15)16/h3-4H,2H2,1H3,(H,13,14)(H,15,16). The Hall–Kier alpha value is -1.07. The number of halogens is 2. The largest absolute Gasteiger partial charge is 0.478 e. The molecule has 0 aliphatic heterocycles. The second-order valence-corrected chi connectivity index (χ2v) is 4.18. The van der Waals surface area contributed by atoms with Gasteiger partial charge in [0.1, 0.15) is 0 Å². The van der Waals surface area contributed by atoms with Crippen LogP contribution in [-0.2, 0) is 0 Å². The topological polar surface area (TPSA) is 66.4 Å². The first kappa shape index (κ1) is 13.0. The van der Waals surface area contributed by atoms with Crippen LogP contribution in [0.2, 0.25) is 5.02 Å². The summed E-state index contributed by atoms with van der Waals surface area (Å²) in [4.78, 5) is 22.5. The third-order valence-electron chi connectivity index (χ3n) is 1.89. The zero-order chi connectivity index (χ0) is 12.3. The highest BCUT2D eigenvalue weighted by Crippen LogP contribution is 2.28. The lowest BCUT2D eigenvalue weighted by atomic mass is 10.1. The summed E-state index contributed by atoms with van der Waals surface area (Å²) in [5.41, 5.74) is 0.0505. The first-order valence-corrected chi connectivity index (χ1v) is 5.65. The molecule has 0 aliphatic rings. The number of amides is 1. The minimum Gasteiger partial charge on any atom is -0.478 e. The van der Waals surface area contributed by atoms with Crippen molar-refractivity contribution in [2.75, 3.05) is 6.54 Å². The van der Waals surface area contributed by atoms with Crippen molar-refractivity contribution in [3.05, 3.63) is 32.8 Å². The summed E-state index contributed by atoms with van der Waals surface area (Å²) in [7, 11) is 0. The zero-order valence-corrected chi connectivity index (χ0v) is 10.7. The molecule has 0 aromatic heterocycles. The Morgan fingerprint density at radius 1 is 1.50 bits per heavy atom. The van der Waals surface area contributed by atoms with Gasteiger partial charge in [0.15, 0.2) is 0 Å². The minimum absolute atomic E-state index is 0.0622. The molecule has 0 spiro atoms. The summed E-state index contributed by atoms with van der Waals surface area (Å²) in [6.45, 7) is 2.21. The maximum absolute atomic E-state index is 11.6. The van der Waals surface area contributed by atoms with Crippen LogP contribution in [0.4, 0.5) is 0 Å². The van der Waals surface area contributed by atoms with Gasteiger partial charge in [0.05, 0.1) is 16.1 Å². The maximum Gasteiger partial charge on any atom is 0.337 e. The molecule has 1 rings (SSSR count). The Kier molecular flexibility index (Phi) is 4.32. The number of carbonyl (C=O) groups is 2. The first-order chi connectivity index (χ1) is 7.49. The molecule has 86 valence electrons. The molecule has 0 saturated carbocycles.